The molecule has 0 aliphatic heterocycles. The second-order valence-electron chi connectivity index (χ2n) is 5.73. The average Bonchev–Trinajstić information content (AvgIpc) is 3.07. The number of hydrogen-bond acceptors (Lipinski definition) is 5. The summed E-state index contributed by atoms with van der Waals surface area (Å²) in [6, 6.07) is 12.9. The molecular weight excluding hydrogens is 374 g/mol. The largest absolute Gasteiger partial charge is 0.419 e. The first-order valence-electron chi connectivity index (χ1n) is 7.63. The molecule has 0 bridgehead atoms. The summed E-state index contributed by atoms with van der Waals surface area (Å²) in [7, 11) is 0. The van der Waals surface area contributed by atoms with Crippen LogP contribution in [0.4, 0.5) is 0 Å². The fraction of sp³-hybridized carbons (Fsp3) is 0.294. The van der Waals surface area contributed by atoms with Crippen LogP contribution in [-0.2, 0) is 13.1 Å². The Morgan fingerprint density at radius 3 is 2.83 bits per heavy atom. The summed E-state index contributed by atoms with van der Waals surface area (Å²) in [5.74, 6) is 1.26. The molecule has 0 unspecified atom stereocenters. The van der Waals surface area contributed by atoms with Crippen LogP contribution < -0.4 is 0 Å². The van der Waals surface area contributed by atoms with E-state index < -0.39 is 0 Å². The Kier molecular flexibility index (Phi) is 4.29. The van der Waals surface area contributed by atoms with Gasteiger partial charge in [0, 0.05) is 27.5 Å². The van der Waals surface area contributed by atoms with Crippen LogP contribution in [0.2, 0.25) is 0 Å². The number of rotatable bonds is 6. The quantitative estimate of drug-likeness (QED) is 0.611. The van der Waals surface area contributed by atoms with Gasteiger partial charge in [0.1, 0.15) is 0 Å². The number of benzene rings is 1. The minimum Gasteiger partial charge on any atom is -0.419 e. The van der Waals surface area contributed by atoms with Gasteiger partial charge in [0.15, 0.2) is 0 Å². The Bertz CT molecular complexity index is 783. The van der Waals surface area contributed by atoms with Crippen molar-refractivity contribution in [2.24, 2.45) is 0 Å². The lowest BCUT2D eigenvalue weighted by Crippen LogP contribution is -2.24. The van der Waals surface area contributed by atoms with Gasteiger partial charge in [-0.15, -0.1) is 21.5 Å². The SMILES string of the molecule is Brc1cccc(-c2nnc(CN(Cc3cccs3)C3CC3)o2)c1. The van der Waals surface area contributed by atoms with Crippen molar-refractivity contribution in [1.29, 1.82) is 0 Å². The highest BCUT2D eigenvalue weighted by Gasteiger charge is 2.30. The molecule has 118 valence electrons. The van der Waals surface area contributed by atoms with E-state index in [1.165, 1.54) is 17.7 Å². The van der Waals surface area contributed by atoms with Gasteiger partial charge in [0.2, 0.25) is 11.8 Å². The van der Waals surface area contributed by atoms with E-state index in [0.29, 0.717) is 24.4 Å². The molecule has 0 radical (unpaired) electrons. The highest BCUT2D eigenvalue weighted by molar-refractivity contribution is 9.10. The molecule has 4 rings (SSSR count). The lowest BCUT2D eigenvalue weighted by molar-refractivity contribution is 0.223. The van der Waals surface area contributed by atoms with Crippen molar-refractivity contribution < 1.29 is 4.42 Å². The first-order valence-corrected chi connectivity index (χ1v) is 9.30. The number of nitrogens with zero attached hydrogens (tertiary/aromatic N) is 3. The number of halogens is 1. The molecule has 0 amide bonds. The van der Waals surface area contributed by atoms with Crippen LogP contribution in [0.25, 0.3) is 11.5 Å². The summed E-state index contributed by atoms with van der Waals surface area (Å²) >= 11 is 5.27. The topological polar surface area (TPSA) is 42.2 Å². The Morgan fingerprint density at radius 2 is 2.09 bits per heavy atom. The second-order valence-corrected chi connectivity index (χ2v) is 7.67. The van der Waals surface area contributed by atoms with Gasteiger partial charge in [-0.2, -0.15) is 0 Å². The summed E-state index contributed by atoms with van der Waals surface area (Å²) in [4.78, 5) is 3.81. The molecule has 6 heteroatoms. The van der Waals surface area contributed by atoms with E-state index in [4.69, 9.17) is 4.42 Å². The van der Waals surface area contributed by atoms with E-state index in [9.17, 15) is 0 Å². The predicted molar refractivity (Wildman–Crippen MR) is 94.0 cm³/mol. The van der Waals surface area contributed by atoms with Gasteiger partial charge >= 0.3 is 0 Å². The summed E-state index contributed by atoms with van der Waals surface area (Å²) in [6.45, 7) is 1.67. The molecule has 1 aliphatic rings. The van der Waals surface area contributed by atoms with E-state index >= 15 is 0 Å². The van der Waals surface area contributed by atoms with E-state index in [1.807, 2.05) is 24.3 Å². The fourth-order valence-corrected chi connectivity index (χ4v) is 3.71. The van der Waals surface area contributed by atoms with E-state index in [1.54, 1.807) is 11.3 Å². The van der Waals surface area contributed by atoms with Gasteiger partial charge in [0.05, 0.1) is 6.54 Å². The van der Waals surface area contributed by atoms with Crippen molar-refractivity contribution >= 4 is 27.3 Å². The van der Waals surface area contributed by atoms with Gasteiger partial charge < -0.3 is 4.42 Å². The van der Waals surface area contributed by atoms with Crippen LogP contribution in [0.5, 0.6) is 0 Å². The van der Waals surface area contributed by atoms with Crippen molar-refractivity contribution in [2.45, 2.75) is 32.0 Å². The van der Waals surface area contributed by atoms with Crippen molar-refractivity contribution in [3.8, 4) is 11.5 Å². The Morgan fingerprint density at radius 1 is 1.17 bits per heavy atom. The number of thiophene rings is 1. The van der Waals surface area contributed by atoms with Gasteiger partial charge in [-0.1, -0.05) is 28.1 Å². The average molecular weight is 390 g/mol. The first-order chi connectivity index (χ1) is 11.3. The summed E-state index contributed by atoms with van der Waals surface area (Å²) < 4.78 is 6.88. The van der Waals surface area contributed by atoms with Gasteiger partial charge in [-0.3, -0.25) is 4.90 Å². The second kappa shape index (κ2) is 6.55. The van der Waals surface area contributed by atoms with Crippen LogP contribution in [0.1, 0.15) is 23.6 Å². The van der Waals surface area contributed by atoms with E-state index in [2.05, 4.69) is 48.5 Å². The molecule has 0 saturated heterocycles. The molecular formula is C17H16BrN3OS. The normalized spacial score (nSPS) is 14.5. The maximum Gasteiger partial charge on any atom is 0.247 e. The van der Waals surface area contributed by atoms with Crippen molar-refractivity contribution in [3.63, 3.8) is 0 Å². The van der Waals surface area contributed by atoms with E-state index in [0.717, 1.165) is 16.6 Å². The van der Waals surface area contributed by atoms with Crippen molar-refractivity contribution in [2.75, 3.05) is 0 Å². The summed E-state index contributed by atoms with van der Waals surface area (Å²) in [6.07, 6.45) is 2.52. The monoisotopic (exact) mass is 389 g/mol. The third kappa shape index (κ3) is 3.71. The van der Waals surface area contributed by atoms with E-state index in [-0.39, 0.29) is 0 Å². The zero-order valence-corrected chi connectivity index (χ0v) is 14.9. The molecule has 1 saturated carbocycles. The maximum atomic E-state index is 5.87. The zero-order valence-electron chi connectivity index (χ0n) is 12.5. The minimum atomic E-state index is 0.577. The Labute approximate surface area is 147 Å². The third-order valence-corrected chi connectivity index (χ3v) is 5.23. The minimum absolute atomic E-state index is 0.577. The van der Waals surface area contributed by atoms with Crippen LogP contribution in [0.15, 0.2) is 50.7 Å². The molecule has 4 nitrogen and oxygen atoms in total. The lowest BCUT2D eigenvalue weighted by atomic mass is 10.2. The van der Waals surface area contributed by atoms with Gasteiger partial charge in [-0.05, 0) is 42.5 Å². The number of aromatic nitrogens is 2. The van der Waals surface area contributed by atoms with Crippen LogP contribution >= 0.6 is 27.3 Å². The zero-order chi connectivity index (χ0) is 15.6. The molecule has 3 aromatic rings. The fourth-order valence-electron chi connectivity index (χ4n) is 2.59. The molecule has 1 fully saturated rings. The maximum absolute atomic E-state index is 5.87. The molecule has 1 aliphatic carbocycles. The molecule has 1 aromatic carbocycles. The van der Waals surface area contributed by atoms with Crippen molar-refractivity contribution in [3.05, 3.63) is 57.0 Å². The van der Waals surface area contributed by atoms with Crippen LogP contribution in [0.3, 0.4) is 0 Å². The molecule has 2 heterocycles. The molecule has 23 heavy (non-hydrogen) atoms. The highest BCUT2D eigenvalue weighted by Crippen LogP contribution is 2.31. The third-order valence-electron chi connectivity index (χ3n) is 3.88. The summed E-state index contributed by atoms with van der Waals surface area (Å²) in [5.41, 5.74) is 0.939. The standard InChI is InChI=1S/C17H16BrN3OS/c18-13-4-1-3-12(9-13)17-20-19-16(22-17)11-21(14-6-7-14)10-15-5-2-8-23-15/h1-5,8-9,14H,6-7,10-11H2. The predicted octanol–water partition coefficient (Wildman–Crippen LogP) is 4.73. The Hall–Kier alpha value is -1.50. The van der Waals surface area contributed by atoms with Crippen LogP contribution in [0, 0.1) is 0 Å². The lowest BCUT2D eigenvalue weighted by Gasteiger charge is -2.18. The van der Waals surface area contributed by atoms with Crippen LogP contribution in [-0.4, -0.2) is 21.1 Å². The molecule has 0 N–H and O–H groups in total. The smallest absolute Gasteiger partial charge is 0.247 e. The summed E-state index contributed by atoms with van der Waals surface area (Å²) in [5, 5.41) is 10.6. The molecule has 0 spiro atoms. The van der Waals surface area contributed by atoms with Crippen molar-refractivity contribution in [1.82, 2.24) is 15.1 Å². The molecule has 2 aromatic heterocycles. The number of hydrogen-bond donors (Lipinski definition) is 0. The highest BCUT2D eigenvalue weighted by atomic mass is 79.9. The molecule has 0 atom stereocenters. The first kappa shape index (κ1) is 15.1. The van der Waals surface area contributed by atoms with Gasteiger partial charge in [-0.25, -0.2) is 0 Å². The Balaban J connectivity index is 1.49. The van der Waals surface area contributed by atoms with Gasteiger partial charge in [0.25, 0.3) is 0 Å².